The lowest BCUT2D eigenvalue weighted by Crippen LogP contribution is -2.00. The van der Waals surface area contributed by atoms with Gasteiger partial charge in [-0.1, -0.05) is 10.3 Å². The van der Waals surface area contributed by atoms with Gasteiger partial charge in [0, 0.05) is 10.8 Å². The van der Waals surface area contributed by atoms with Crippen molar-refractivity contribution in [3.63, 3.8) is 0 Å². The van der Waals surface area contributed by atoms with Gasteiger partial charge in [0.25, 0.3) is 0 Å². The maximum atomic E-state index is 5.09. The van der Waals surface area contributed by atoms with Crippen molar-refractivity contribution in [1.82, 2.24) is 14.8 Å². The molecule has 11 heteroatoms. The normalized spacial score (nSPS) is 11.2. The summed E-state index contributed by atoms with van der Waals surface area (Å²) in [6, 6.07) is 7.17. The Morgan fingerprint density at radius 1 is 1.45 bits per heavy atom. The van der Waals surface area contributed by atoms with Crippen LogP contribution in [0.15, 0.2) is 45.0 Å². The Labute approximate surface area is 123 Å². The Balaban J connectivity index is 2.05. The van der Waals surface area contributed by atoms with Gasteiger partial charge in [-0.05, 0) is 41.7 Å². The second kappa shape index (κ2) is 6.58. The van der Waals surface area contributed by atoms with Gasteiger partial charge < -0.3 is 23.3 Å². The molecule has 2 rings (SSSR count). The SMILES string of the molecule is N/N=N/N=C/ONc1ccc(-n2c([S-])n[nH]c2=S)cc1. The maximum Gasteiger partial charge on any atom is 0.230 e. The van der Waals surface area contributed by atoms with Crippen molar-refractivity contribution in [3.8, 4) is 5.69 Å². The third-order valence-electron chi connectivity index (χ3n) is 2.15. The molecule has 20 heavy (non-hydrogen) atoms. The molecule has 0 amide bonds. The van der Waals surface area contributed by atoms with Crippen molar-refractivity contribution in [1.29, 1.82) is 0 Å². The number of hydrogen-bond donors (Lipinski definition) is 3. The highest BCUT2D eigenvalue weighted by Crippen LogP contribution is 2.15. The molecule has 0 radical (unpaired) electrons. The fourth-order valence-corrected chi connectivity index (χ4v) is 1.90. The summed E-state index contributed by atoms with van der Waals surface area (Å²) in [6.45, 7) is 0. The Bertz CT molecular complexity index is 674. The zero-order chi connectivity index (χ0) is 14.4. The highest BCUT2D eigenvalue weighted by molar-refractivity contribution is 7.71. The number of aromatic amines is 1. The zero-order valence-electron chi connectivity index (χ0n) is 9.92. The highest BCUT2D eigenvalue weighted by atomic mass is 32.1. The van der Waals surface area contributed by atoms with E-state index >= 15 is 0 Å². The first-order valence-electron chi connectivity index (χ1n) is 5.20. The minimum absolute atomic E-state index is 0.367. The van der Waals surface area contributed by atoms with Gasteiger partial charge in [0.1, 0.15) is 0 Å². The fraction of sp³-hybridized carbons (Fsp3) is 0. The molecule has 1 aromatic heterocycles. The van der Waals surface area contributed by atoms with Crippen LogP contribution in [-0.4, -0.2) is 21.2 Å². The summed E-state index contributed by atoms with van der Waals surface area (Å²) in [5, 5.41) is 16.3. The first-order chi connectivity index (χ1) is 9.72. The average molecular weight is 309 g/mol. The molecule has 0 aliphatic heterocycles. The van der Waals surface area contributed by atoms with Gasteiger partial charge in [-0.25, -0.2) is 5.48 Å². The van der Waals surface area contributed by atoms with Crippen LogP contribution in [-0.2, 0) is 17.5 Å². The van der Waals surface area contributed by atoms with Crippen LogP contribution >= 0.6 is 12.2 Å². The number of hydrogen-bond acceptors (Lipinski definition) is 7. The molecule has 1 aromatic carbocycles. The summed E-state index contributed by atoms with van der Waals surface area (Å²) in [5.74, 6) is 4.75. The number of anilines is 1. The summed E-state index contributed by atoms with van der Waals surface area (Å²) < 4.78 is 2.07. The van der Waals surface area contributed by atoms with Gasteiger partial charge in [-0.15, -0.1) is 0 Å². The highest BCUT2D eigenvalue weighted by Gasteiger charge is 2.00. The van der Waals surface area contributed by atoms with Gasteiger partial charge in [0.05, 0.1) is 5.69 Å². The van der Waals surface area contributed by atoms with Gasteiger partial charge in [-0.2, -0.15) is 5.10 Å². The molecule has 104 valence electrons. The summed E-state index contributed by atoms with van der Waals surface area (Å²) in [7, 11) is 0. The number of benzene rings is 1. The molecular weight excluding hydrogens is 300 g/mol. The van der Waals surface area contributed by atoms with Crippen LogP contribution in [0.3, 0.4) is 0 Å². The van der Waals surface area contributed by atoms with E-state index in [1.165, 1.54) is 0 Å². The average Bonchev–Trinajstić information content (AvgIpc) is 2.79. The lowest BCUT2D eigenvalue weighted by atomic mass is 10.3. The van der Waals surface area contributed by atoms with E-state index in [1.807, 2.05) is 12.1 Å². The molecule has 0 aliphatic rings. The van der Waals surface area contributed by atoms with Crippen LogP contribution in [0.5, 0.6) is 0 Å². The van der Waals surface area contributed by atoms with Crippen molar-refractivity contribution in [2.75, 3.05) is 5.48 Å². The standard InChI is InChI=1S/C9H10N8OS2/c10-15-16-11-5-18-14-6-1-3-7(4-2-6)17-8(19)12-13-9(17)20/h1-5,14H,(H2,10,16)(H,12,19)(H,13,20)/p-1/b11-5+. The predicted octanol–water partition coefficient (Wildman–Crippen LogP) is 1.45. The maximum absolute atomic E-state index is 5.09. The van der Waals surface area contributed by atoms with Gasteiger partial charge in [-0.3, -0.25) is 9.67 Å². The lowest BCUT2D eigenvalue weighted by Gasteiger charge is -2.10. The molecule has 2 aromatic rings. The van der Waals surface area contributed by atoms with Crippen molar-refractivity contribution < 1.29 is 4.84 Å². The fourth-order valence-electron chi connectivity index (χ4n) is 1.36. The van der Waals surface area contributed by atoms with Crippen molar-refractivity contribution >= 4 is 36.9 Å². The Morgan fingerprint density at radius 3 is 2.80 bits per heavy atom. The molecule has 0 aliphatic carbocycles. The van der Waals surface area contributed by atoms with E-state index in [4.69, 9.17) is 35.5 Å². The number of aromatic nitrogens is 3. The van der Waals surface area contributed by atoms with E-state index < -0.39 is 0 Å². The van der Waals surface area contributed by atoms with E-state index in [9.17, 15) is 0 Å². The van der Waals surface area contributed by atoms with Crippen molar-refractivity contribution in [3.05, 3.63) is 29.0 Å². The van der Waals surface area contributed by atoms with Crippen molar-refractivity contribution in [2.24, 2.45) is 21.4 Å². The van der Waals surface area contributed by atoms with E-state index in [1.54, 1.807) is 16.7 Å². The van der Waals surface area contributed by atoms with Crippen LogP contribution in [0.1, 0.15) is 0 Å². The quantitative estimate of drug-likeness (QED) is 0.146. The monoisotopic (exact) mass is 309 g/mol. The van der Waals surface area contributed by atoms with Gasteiger partial charge in [0.2, 0.25) is 6.40 Å². The minimum atomic E-state index is 0.367. The lowest BCUT2D eigenvalue weighted by molar-refractivity contribution is 0.410. The van der Waals surface area contributed by atoms with Crippen LogP contribution in [0, 0.1) is 4.77 Å². The first kappa shape index (κ1) is 13.9. The first-order valence-corrected chi connectivity index (χ1v) is 6.02. The smallest absolute Gasteiger partial charge is 0.230 e. The van der Waals surface area contributed by atoms with Gasteiger partial charge >= 0.3 is 0 Å². The number of nitrogens with zero attached hydrogens (tertiary/aromatic N) is 5. The summed E-state index contributed by atoms with van der Waals surface area (Å²) in [6.07, 6.45) is 1.05. The van der Waals surface area contributed by atoms with Crippen LogP contribution in [0.2, 0.25) is 0 Å². The number of rotatable bonds is 5. The molecule has 1 heterocycles. The van der Waals surface area contributed by atoms with Gasteiger partial charge in [0.15, 0.2) is 4.77 Å². The molecule has 0 fully saturated rings. The largest absolute Gasteiger partial charge is 0.740 e. The molecule has 0 atom stereocenters. The van der Waals surface area contributed by atoms with Crippen LogP contribution in [0.25, 0.3) is 5.69 Å². The Morgan fingerprint density at radius 2 is 2.20 bits per heavy atom. The molecule has 9 nitrogen and oxygen atoms in total. The number of H-pyrrole nitrogens is 1. The van der Waals surface area contributed by atoms with E-state index in [0.717, 1.165) is 12.1 Å². The second-order valence-corrected chi connectivity index (χ2v) is 4.09. The third kappa shape index (κ3) is 3.27. The summed E-state index contributed by atoms with van der Waals surface area (Å²) in [4.78, 5) is 4.88. The molecular formula is C9H9N8OS2-. The molecule has 0 saturated carbocycles. The molecule has 0 bridgehead atoms. The molecule has 0 saturated heterocycles. The Hall–Kier alpha value is -2.53. The molecule has 4 N–H and O–H groups in total. The molecule has 0 spiro atoms. The number of nitrogens with one attached hydrogen (secondary N) is 2. The van der Waals surface area contributed by atoms with E-state index in [0.29, 0.717) is 15.6 Å². The van der Waals surface area contributed by atoms with E-state index in [-0.39, 0.29) is 0 Å². The zero-order valence-corrected chi connectivity index (χ0v) is 11.6. The van der Waals surface area contributed by atoms with Crippen molar-refractivity contribution in [2.45, 2.75) is 5.16 Å². The summed E-state index contributed by atoms with van der Waals surface area (Å²) in [5.41, 5.74) is 4.12. The summed E-state index contributed by atoms with van der Waals surface area (Å²) >= 11 is 10.2. The van der Waals surface area contributed by atoms with Crippen LogP contribution in [0.4, 0.5) is 5.69 Å². The second-order valence-electron chi connectivity index (χ2n) is 3.34. The number of nitrogens with two attached hydrogens (primary N) is 1. The molecule has 0 unspecified atom stereocenters. The topological polar surface area (TPSA) is 118 Å². The Kier molecular flexibility index (Phi) is 4.57. The third-order valence-corrected chi connectivity index (χ3v) is 2.69. The van der Waals surface area contributed by atoms with E-state index in [2.05, 4.69) is 31.2 Å². The minimum Gasteiger partial charge on any atom is -0.740 e. The predicted molar refractivity (Wildman–Crippen MR) is 76.6 cm³/mol. The van der Waals surface area contributed by atoms with Crippen LogP contribution < -0.4 is 11.3 Å².